The van der Waals surface area contributed by atoms with Crippen LogP contribution in [-0.4, -0.2) is 23.0 Å². The Kier molecular flexibility index (Phi) is 6.89. The number of carbonyl (C=O) groups excluding carboxylic acids is 1. The molecule has 1 saturated carbocycles. The molecule has 2 aliphatic rings. The summed E-state index contributed by atoms with van der Waals surface area (Å²) in [5.41, 5.74) is 6.22. The first kappa shape index (κ1) is 22.6. The quantitative estimate of drug-likeness (QED) is 0.478. The number of aryl methyl sites for hydroxylation is 3. The molecule has 5 heteroatoms. The molecule has 0 aliphatic heterocycles. The molecule has 176 valence electrons. The third-order valence-corrected chi connectivity index (χ3v) is 7.22. The second kappa shape index (κ2) is 10.4. The number of nitrogens with one attached hydrogen (secondary N) is 1. The number of rotatable bonds is 7. The van der Waals surface area contributed by atoms with Crippen molar-refractivity contribution in [2.75, 3.05) is 12.4 Å². The number of aromatic nitrogens is 2. The summed E-state index contributed by atoms with van der Waals surface area (Å²) in [6, 6.07) is 16.0. The molecule has 0 bridgehead atoms. The highest BCUT2D eigenvalue weighted by molar-refractivity contribution is 5.92. The Bertz CT molecular complexity index is 1150. The minimum absolute atomic E-state index is 0.0414. The summed E-state index contributed by atoms with van der Waals surface area (Å²) in [5.74, 6) is 2.22. The number of amides is 1. The van der Waals surface area contributed by atoms with Gasteiger partial charge in [-0.2, -0.15) is 0 Å². The van der Waals surface area contributed by atoms with E-state index in [1.165, 1.54) is 37.7 Å². The lowest BCUT2D eigenvalue weighted by atomic mass is 9.85. The third-order valence-electron chi connectivity index (χ3n) is 7.22. The van der Waals surface area contributed by atoms with E-state index in [4.69, 9.17) is 14.7 Å². The van der Waals surface area contributed by atoms with E-state index in [1.54, 1.807) is 7.11 Å². The van der Waals surface area contributed by atoms with Crippen LogP contribution in [0.1, 0.15) is 61.0 Å². The maximum atomic E-state index is 12.9. The van der Waals surface area contributed by atoms with Crippen molar-refractivity contribution in [2.24, 2.45) is 5.92 Å². The molecule has 0 atom stereocenters. The molecule has 2 aliphatic carbocycles. The van der Waals surface area contributed by atoms with Gasteiger partial charge in [-0.1, -0.05) is 62.4 Å². The maximum Gasteiger partial charge on any atom is 0.229 e. The van der Waals surface area contributed by atoms with Crippen molar-refractivity contribution in [1.29, 1.82) is 0 Å². The second-order valence-corrected chi connectivity index (χ2v) is 9.59. The van der Waals surface area contributed by atoms with Gasteiger partial charge in [-0.05, 0) is 60.9 Å². The van der Waals surface area contributed by atoms with Gasteiger partial charge in [0, 0.05) is 5.56 Å². The van der Waals surface area contributed by atoms with Crippen molar-refractivity contribution in [3.05, 3.63) is 71.0 Å². The zero-order valence-electron chi connectivity index (χ0n) is 20.0. The average molecular weight is 456 g/mol. The Balaban J connectivity index is 1.43. The standard InChI is InChI=1S/C29H33N3O2/c1-34-23-14-15-24-22(19-23)13-17-25-28(24)30-26(16-12-20-8-4-2-5-9-20)29(31-25)32-27(33)18-21-10-6-3-7-11-21/h3,6-7,10-11,14-15,19-20H,2,4-5,8-9,12-13,16-18H2,1H3,(H,31,32,33). The molecule has 0 spiro atoms. The van der Waals surface area contributed by atoms with E-state index >= 15 is 0 Å². The lowest BCUT2D eigenvalue weighted by molar-refractivity contribution is -0.115. The molecule has 5 nitrogen and oxygen atoms in total. The number of hydrogen-bond acceptors (Lipinski definition) is 4. The van der Waals surface area contributed by atoms with Gasteiger partial charge in [0.2, 0.25) is 5.91 Å². The summed E-state index contributed by atoms with van der Waals surface area (Å²) >= 11 is 0. The first-order valence-corrected chi connectivity index (χ1v) is 12.6. The van der Waals surface area contributed by atoms with Crippen LogP contribution in [0.4, 0.5) is 5.82 Å². The zero-order valence-corrected chi connectivity index (χ0v) is 20.0. The number of fused-ring (bicyclic) bond motifs is 3. The topological polar surface area (TPSA) is 64.1 Å². The van der Waals surface area contributed by atoms with Crippen molar-refractivity contribution in [2.45, 2.75) is 64.2 Å². The van der Waals surface area contributed by atoms with E-state index in [0.717, 1.165) is 65.6 Å². The molecular formula is C29H33N3O2. The van der Waals surface area contributed by atoms with Crippen LogP contribution < -0.4 is 10.1 Å². The Hall–Kier alpha value is -3.21. The van der Waals surface area contributed by atoms with E-state index in [9.17, 15) is 4.79 Å². The van der Waals surface area contributed by atoms with Gasteiger partial charge >= 0.3 is 0 Å². The minimum atomic E-state index is -0.0414. The van der Waals surface area contributed by atoms with Crippen LogP contribution in [0.5, 0.6) is 5.75 Å². The summed E-state index contributed by atoms with van der Waals surface area (Å²) in [6.45, 7) is 0. The fraction of sp³-hybridized carbons (Fsp3) is 0.414. The number of benzene rings is 2. The van der Waals surface area contributed by atoms with E-state index in [1.807, 2.05) is 36.4 Å². The second-order valence-electron chi connectivity index (χ2n) is 9.59. The Morgan fingerprint density at radius 1 is 1.03 bits per heavy atom. The van der Waals surface area contributed by atoms with Gasteiger partial charge < -0.3 is 10.1 Å². The molecule has 1 N–H and O–H groups in total. The molecule has 0 unspecified atom stereocenters. The van der Waals surface area contributed by atoms with E-state index in [-0.39, 0.29) is 5.91 Å². The van der Waals surface area contributed by atoms with Crippen molar-refractivity contribution >= 4 is 11.7 Å². The van der Waals surface area contributed by atoms with Crippen molar-refractivity contribution < 1.29 is 9.53 Å². The Morgan fingerprint density at radius 3 is 2.65 bits per heavy atom. The van der Waals surface area contributed by atoms with Crippen LogP contribution in [0.25, 0.3) is 11.3 Å². The molecule has 34 heavy (non-hydrogen) atoms. The van der Waals surface area contributed by atoms with Crippen molar-refractivity contribution in [1.82, 2.24) is 9.97 Å². The van der Waals surface area contributed by atoms with Crippen LogP contribution >= 0.6 is 0 Å². The third kappa shape index (κ3) is 5.14. The summed E-state index contributed by atoms with van der Waals surface area (Å²) in [4.78, 5) is 23.0. The fourth-order valence-corrected chi connectivity index (χ4v) is 5.33. The summed E-state index contributed by atoms with van der Waals surface area (Å²) < 4.78 is 5.43. The average Bonchev–Trinajstić information content (AvgIpc) is 2.88. The Morgan fingerprint density at radius 2 is 1.85 bits per heavy atom. The predicted octanol–water partition coefficient (Wildman–Crippen LogP) is 5.94. The van der Waals surface area contributed by atoms with E-state index < -0.39 is 0 Å². The Labute approximate surface area is 202 Å². The van der Waals surface area contributed by atoms with Gasteiger partial charge in [-0.25, -0.2) is 9.97 Å². The SMILES string of the molecule is COc1ccc2c(c1)CCc1nc(NC(=O)Cc3ccccc3)c(CCC3CCCCC3)nc1-2. The van der Waals surface area contributed by atoms with Crippen molar-refractivity contribution in [3.8, 4) is 17.0 Å². The zero-order chi connectivity index (χ0) is 23.3. The highest BCUT2D eigenvalue weighted by Gasteiger charge is 2.24. The highest BCUT2D eigenvalue weighted by atomic mass is 16.5. The van der Waals surface area contributed by atoms with Crippen LogP contribution in [0.2, 0.25) is 0 Å². The number of hydrogen-bond donors (Lipinski definition) is 1. The van der Waals surface area contributed by atoms with Gasteiger partial charge in [0.05, 0.1) is 30.6 Å². The molecule has 0 saturated heterocycles. The van der Waals surface area contributed by atoms with Gasteiger partial charge in [0.15, 0.2) is 5.82 Å². The highest BCUT2D eigenvalue weighted by Crippen LogP contribution is 2.35. The summed E-state index contributed by atoms with van der Waals surface area (Å²) in [6.07, 6.45) is 10.6. The van der Waals surface area contributed by atoms with Crippen LogP contribution in [0.15, 0.2) is 48.5 Å². The number of ether oxygens (including phenoxy) is 1. The molecule has 1 heterocycles. The first-order valence-electron chi connectivity index (χ1n) is 12.6. The van der Waals surface area contributed by atoms with E-state index in [0.29, 0.717) is 12.2 Å². The summed E-state index contributed by atoms with van der Waals surface area (Å²) in [5, 5.41) is 3.11. The monoisotopic (exact) mass is 455 g/mol. The number of nitrogens with zero attached hydrogens (tertiary/aromatic N) is 2. The lowest BCUT2D eigenvalue weighted by Gasteiger charge is -2.23. The smallest absolute Gasteiger partial charge is 0.229 e. The van der Waals surface area contributed by atoms with Crippen molar-refractivity contribution in [3.63, 3.8) is 0 Å². The maximum absolute atomic E-state index is 12.9. The van der Waals surface area contributed by atoms with Gasteiger partial charge in [0.1, 0.15) is 5.75 Å². The molecule has 5 rings (SSSR count). The largest absolute Gasteiger partial charge is 0.497 e. The number of anilines is 1. The number of carbonyl (C=O) groups is 1. The van der Waals surface area contributed by atoms with Gasteiger partial charge in [0.25, 0.3) is 0 Å². The molecule has 3 aromatic rings. The van der Waals surface area contributed by atoms with Crippen LogP contribution in [-0.2, 0) is 30.5 Å². The predicted molar refractivity (Wildman–Crippen MR) is 135 cm³/mol. The fourth-order valence-electron chi connectivity index (χ4n) is 5.33. The molecule has 2 aromatic carbocycles. The molecular weight excluding hydrogens is 422 g/mol. The summed E-state index contributed by atoms with van der Waals surface area (Å²) in [7, 11) is 1.70. The number of methoxy groups -OCH3 is 1. The first-order chi connectivity index (χ1) is 16.7. The normalized spacial score (nSPS) is 15.3. The lowest BCUT2D eigenvalue weighted by Crippen LogP contribution is -2.20. The molecule has 1 fully saturated rings. The molecule has 1 aromatic heterocycles. The van der Waals surface area contributed by atoms with E-state index in [2.05, 4.69) is 17.4 Å². The molecule has 0 radical (unpaired) electrons. The van der Waals surface area contributed by atoms with Crippen LogP contribution in [0, 0.1) is 5.92 Å². The molecule has 1 amide bonds. The van der Waals surface area contributed by atoms with Gasteiger partial charge in [-0.15, -0.1) is 0 Å². The van der Waals surface area contributed by atoms with Gasteiger partial charge in [-0.3, -0.25) is 4.79 Å². The van der Waals surface area contributed by atoms with Crippen LogP contribution in [0.3, 0.4) is 0 Å². The minimum Gasteiger partial charge on any atom is -0.497 e.